The predicted octanol–water partition coefficient (Wildman–Crippen LogP) is 6.17. The lowest BCUT2D eigenvalue weighted by Gasteiger charge is -2.53. The largest absolute Gasteiger partial charge is 0.423 e. The van der Waals surface area contributed by atoms with Gasteiger partial charge in [0, 0.05) is 23.7 Å². The lowest BCUT2D eigenvalue weighted by molar-refractivity contribution is -0.310. The van der Waals surface area contributed by atoms with Gasteiger partial charge in [-0.3, -0.25) is 4.79 Å². The monoisotopic (exact) mass is 468 g/mol. The van der Waals surface area contributed by atoms with Crippen molar-refractivity contribution in [3.05, 3.63) is 65.2 Å². The molecule has 0 spiro atoms. The molecule has 176 valence electrons. The quantitative estimate of drug-likeness (QED) is 0.494. The van der Waals surface area contributed by atoms with Gasteiger partial charge in [0.1, 0.15) is 11.6 Å². The second-order valence-electron chi connectivity index (χ2n) is 8.58. The molecule has 2 aromatic carbocycles. The van der Waals surface area contributed by atoms with Crippen LogP contribution in [-0.4, -0.2) is 35.6 Å². The molecule has 2 atom stereocenters. The van der Waals surface area contributed by atoms with Crippen LogP contribution in [0.4, 0.5) is 32.0 Å². The van der Waals surface area contributed by atoms with Gasteiger partial charge >= 0.3 is 12.4 Å². The highest BCUT2D eigenvalue weighted by atomic mass is 19.4. The summed E-state index contributed by atoms with van der Waals surface area (Å²) >= 11 is 0. The van der Waals surface area contributed by atoms with Crippen molar-refractivity contribution in [3.63, 3.8) is 0 Å². The Hall–Kier alpha value is -2.84. The fourth-order valence-corrected chi connectivity index (χ4v) is 5.15. The Kier molecular flexibility index (Phi) is 5.57. The van der Waals surface area contributed by atoms with E-state index in [-0.39, 0.29) is 24.8 Å². The highest BCUT2D eigenvalue weighted by molar-refractivity contribution is 6.13. The van der Waals surface area contributed by atoms with Crippen LogP contribution in [0, 0.1) is 19.8 Å². The molecule has 2 aliphatic rings. The molecule has 2 aromatic rings. The van der Waals surface area contributed by atoms with Crippen molar-refractivity contribution in [2.45, 2.75) is 57.0 Å². The van der Waals surface area contributed by atoms with Crippen LogP contribution >= 0.6 is 0 Å². The zero-order valence-electron chi connectivity index (χ0n) is 18.0. The number of rotatable bonds is 2. The van der Waals surface area contributed by atoms with Gasteiger partial charge in [-0.15, -0.1) is 0 Å². The molecule has 33 heavy (non-hydrogen) atoms. The van der Waals surface area contributed by atoms with Gasteiger partial charge < -0.3 is 4.90 Å². The summed E-state index contributed by atoms with van der Waals surface area (Å²) in [4.78, 5) is 17.7. The minimum Gasteiger partial charge on any atom is -0.322 e. The maximum absolute atomic E-state index is 14.4. The molecule has 0 radical (unpaired) electrons. The Labute approximate surface area is 187 Å². The van der Waals surface area contributed by atoms with Crippen molar-refractivity contribution in [3.8, 4) is 0 Å². The van der Waals surface area contributed by atoms with Gasteiger partial charge in [-0.1, -0.05) is 48.5 Å². The van der Waals surface area contributed by atoms with E-state index in [9.17, 15) is 31.1 Å². The van der Waals surface area contributed by atoms with Crippen LogP contribution in [0.3, 0.4) is 0 Å². The van der Waals surface area contributed by atoms with E-state index in [1.54, 1.807) is 38.1 Å². The third kappa shape index (κ3) is 3.52. The topological polar surface area (TPSA) is 32.7 Å². The minimum atomic E-state index is -5.81. The molecule has 1 aliphatic carbocycles. The third-order valence-electron chi connectivity index (χ3n) is 6.52. The van der Waals surface area contributed by atoms with E-state index < -0.39 is 41.5 Å². The number of alkyl halides is 6. The summed E-state index contributed by atoms with van der Waals surface area (Å²) in [5.74, 6) is -3.88. The van der Waals surface area contributed by atoms with Crippen molar-refractivity contribution in [1.82, 2.24) is 0 Å². The van der Waals surface area contributed by atoms with Gasteiger partial charge in [0.2, 0.25) is 0 Å². The molecule has 0 amide bonds. The highest BCUT2D eigenvalue weighted by Gasteiger charge is 2.79. The number of aryl methyl sites for hydroxylation is 2. The number of nitrogens with zero attached hydrogens (tertiary/aromatic N) is 2. The van der Waals surface area contributed by atoms with E-state index in [4.69, 9.17) is 0 Å². The van der Waals surface area contributed by atoms with Crippen LogP contribution in [0.5, 0.6) is 0 Å². The van der Waals surface area contributed by atoms with E-state index in [0.29, 0.717) is 16.8 Å². The van der Waals surface area contributed by atoms with Crippen molar-refractivity contribution in [1.29, 1.82) is 0 Å². The van der Waals surface area contributed by atoms with Gasteiger partial charge in [-0.05, 0) is 37.8 Å². The second-order valence-corrected chi connectivity index (χ2v) is 8.58. The van der Waals surface area contributed by atoms with Gasteiger partial charge in [-0.25, -0.2) is 4.99 Å². The highest BCUT2D eigenvalue weighted by Crippen LogP contribution is 2.57. The van der Waals surface area contributed by atoms with E-state index in [1.807, 2.05) is 0 Å². The Morgan fingerprint density at radius 1 is 0.909 bits per heavy atom. The summed E-state index contributed by atoms with van der Waals surface area (Å²) in [5.41, 5.74) is -2.58. The maximum atomic E-state index is 14.4. The molecule has 1 heterocycles. The summed E-state index contributed by atoms with van der Waals surface area (Å²) in [5, 5.41) is 0. The number of halogens is 6. The first-order valence-corrected chi connectivity index (χ1v) is 10.6. The van der Waals surface area contributed by atoms with Crippen LogP contribution < -0.4 is 4.90 Å². The third-order valence-corrected chi connectivity index (χ3v) is 6.52. The second kappa shape index (κ2) is 7.88. The number of carbonyl (C=O) groups is 1. The van der Waals surface area contributed by atoms with Crippen LogP contribution in [0.25, 0.3) is 0 Å². The molecule has 0 aromatic heterocycles. The summed E-state index contributed by atoms with van der Waals surface area (Å²) in [7, 11) is 0. The standard InChI is InChI=1S/C24H22F6N2O/c1-14-8-6-9-15(2)20(14)32-17-12-7-13-18(33)19(17)22(23(25,26)27,24(28,29)30)31-21(32)16-10-4-3-5-11-16/h3-6,8-11,17,19H,7,12-13H2,1-2H3. The predicted molar refractivity (Wildman–Crippen MR) is 112 cm³/mol. The van der Waals surface area contributed by atoms with Gasteiger partial charge in [0.15, 0.2) is 0 Å². The Morgan fingerprint density at radius 2 is 1.48 bits per heavy atom. The maximum Gasteiger partial charge on any atom is 0.423 e. The number of benzene rings is 2. The van der Waals surface area contributed by atoms with Gasteiger partial charge in [-0.2, -0.15) is 26.3 Å². The van der Waals surface area contributed by atoms with Crippen LogP contribution in [-0.2, 0) is 4.79 Å². The summed E-state index contributed by atoms with van der Waals surface area (Å²) < 4.78 is 86.5. The zero-order valence-corrected chi connectivity index (χ0v) is 18.0. The first-order chi connectivity index (χ1) is 15.4. The SMILES string of the molecule is Cc1cccc(C)c1N1C(c2ccccc2)=NC(C(F)(F)F)(C(F)(F)F)C2C(=O)CCCC21. The normalized spacial score (nSPS) is 23.2. The average molecular weight is 468 g/mol. The summed E-state index contributed by atoms with van der Waals surface area (Å²) in [6.45, 7) is 3.47. The number of amidine groups is 1. The first kappa shape index (κ1) is 23.3. The molecule has 2 unspecified atom stereocenters. The van der Waals surface area contributed by atoms with Crippen molar-refractivity contribution in [2.75, 3.05) is 4.90 Å². The number of fused-ring (bicyclic) bond motifs is 1. The molecule has 0 N–H and O–H groups in total. The van der Waals surface area contributed by atoms with Gasteiger partial charge in [0.25, 0.3) is 5.54 Å². The van der Waals surface area contributed by atoms with E-state index >= 15 is 0 Å². The molecule has 1 aliphatic heterocycles. The number of hydrogen-bond acceptors (Lipinski definition) is 3. The molecular formula is C24H22F6N2O. The number of aliphatic imine (C=N–C) groups is 1. The first-order valence-electron chi connectivity index (χ1n) is 10.6. The van der Waals surface area contributed by atoms with E-state index in [1.165, 1.54) is 29.2 Å². The number of Topliss-reactive ketones (excluding diaryl/α,β-unsaturated/α-hetero) is 1. The lowest BCUT2D eigenvalue weighted by Crippen LogP contribution is -2.72. The zero-order chi connectivity index (χ0) is 24.2. The number of carbonyl (C=O) groups excluding carboxylic acids is 1. The molecule has 9 heteroatoms. The van der Waals surface area contributed by atoms with E-state index in [2.05, 4.69) is 4.99 Å². The smallest absolute Gasteiger partial charge is 0.322 e. The lowest BCUT2D eigenvalue weighted by atomic mass is 9.67. The average Bonchev–Trinajstić information content (AvgIpc) is 2.72. The van der Waals surface area contributed by atoms with Crippen LogP contribution in [0.15, 0.2) is 53.5 Å². The fraction of sp³-hybridized carbons (Fsp3) is 0.417. The minimum absolute atomic E-state index is 0.00391. The molecule has 1 fully saturated rings. The van der Waals surface area contributed by atoms with E-state index in [0.717, 1.165) is 0 Å². The Morgan fingerprint density at radius 3 is 2.03 bits per heavy atom. The van der Waals surface area contributed by atoms with Crippen LogP contribution in [0.2, 0.25) is 0 Å². The summed E-state index contributed by atoms with van der Waals surface area (Å²) in [6, 6.07) is 11.4. The molecule has 0 saturated heterocycles. The molecule has 1 saturated carbocycles. The van der Waals surface area contributed by atoms with Gasteiger partial charge in [0.05, 0.1) is 5.92 Å². The Bertz CT molecular complexity index is 1060. The van der Waals surface area contributed by atoms with Crippen molar-refractivity contribution in [2.24, 2.45) is 10.9 Å². The number of para-hydroxylation sites is 1. The number of ketones is 1. The molecular weight excluding hydrogens is 446 g/mol. The van der Waals surface area contributed by atoms with Crippen LogP contribution in [0.1, 0.15) is 36.0 Å². The molecule has 0 bridgehead atoms. The molecule has 3 nitrogen and oxygen atoms in total. The number of hydrogen-bond donors (Lipinski definition) is 0. The van der Waals surface area contributed by atoms with Crippen molar-refractivity contribution < 1.29 is 31.1 Å². The number of anilines is 1. The molecule has 4 rings (SSSR count). The summed E-state index contributed by atoms with van der Waals surface area (Å²) in [6.07, 6.45) is -11.8. The fourth-order valence-electron chi connectivity index (χ4n) is 5.15. The Balaban J connectivity index is 2.13. The van der Waals surface area contributed by atoms with Crippen molar-refractivity contribution >= 4 is 17.3 Å².